The second-order valence-electron chi connectivity index (χ2n) is 5.38. The molecule has 2 aliphatic carbocycles. The van der Waals surface area contributed by atoms with E-state index in [0.29, 0.717) is 0 Å². The molecular weight excluding hydrogens is 196 g/mol. The summed E-state index contributed by atoms with van der Waals surface area (Å²) in [7, 11) is 0. The molecule has 1 N–H and O–H groups in total. The van der Waals surface area contributed by atoms with E-state index in [9.17, 15) is 0 Å². The number of hydrogen-bond donors (Lipinski definition) is 1. The zero-order valence-electron chi connectivity index (χ0n) is 9.95. The predicted molar refractivity (Wildman–Crippen MR) is 65.0 cm³/mol. The van der Waals surface area contributed by atoms with Crippen LogP contribution in [0.5, 0.6) is 0 Å². The van der Waals surface area contributed by atoms with Crippen molar-refractivity contribution in [1.29, 1.82) is 0 Å². The largest absolute Gasteiger partial charge is 0.309 e. The highest BCUT2D eigenvalue weighted by Gasteiger charge is 2.40. The molecule has 2 heteroatoms. The van der Waals surface area contributed by atoms with Crippen molar-refractivity contribution in [1.82, 2.24) is 10.3 Å². The number of pyridine rings is 1. The maximum absolute atomic E-state index is 4.14. The molecule has 2 nitrogen and oxygen atoms in total. The number of rotatable bonds is 5. The summed E-state index contributed by atoms with van der Waals surface area (Å²) in [4.78, 5) is 4.14. The van der Waals surface area contributed by atoms with Crippen molar-refractivity contribution < 1.29 is 0 Å². The Morgan fingerprint density at radius 2 is 2.00 bits per heavy atom. The van der Waals surface area contributed by atoms with Crippen molar-refractivity contribution in [2.45, 2.75) is 45.2 Å². The molecule has 0 atom stereocenters. The Hall–Kier alpha value is -0.890. The third kappa shape index (κ3) is 2.27. The lowest BCUT2D eigenvalue weighted by molar-refractivity contribution is 0.415. The van der Waals surface area contributed by atoms with Crippen LogP contribution in [-0.4, -0.2) is 11.0 Å². The topological polar surface area (TPSA) is 24.9 Å². The predicted octanol–water partition coefficient (Wildman–Crippen LogP) is 2.67. The van der Waals surface area contributed by atoms with E-state index in [4.69, 9.17) is 0 Å². The Morgan fingerprint density at radius 3 is 2.56 bits per heavy atom. The maximum Gasteiger partial charge on any atom is 0.0300 e. The van der Waals surface area contributed by atoms with Gasteiger partial charge in [0.05, 0.1) is 0 Å². The van der Waals surface area contributed by atoms with Crippen LogP contribution in [0.2, 0.25) is 0 Å². The van der Waals surface area contributed by atoms with Gasteiger partial charge in [0.15, 0.2) is 0 Å². The average Bonchev–Trinajstić information content (AvgIpc) is 3.15. The minimum atomic E-state index is 0.799. The van der Waals surface area contributed by atoms with E-state index in [0.717, 1.165) is 24.4 Å². The van der Waals surface area contributed by atoms with Gasteiger partial charge in [-0.2, -0.15) is 0 Å². The van der Waals surface area contributed by atoms with Crippen LogP contribution in [0, 0.1) is 18.8 Å². The van der Waals surface area contributed by atoms with Crippen LogP contribution in [0.15, 0.2) is 18.5 Å². The SMILES string of the molecule is Cc1cnccc1CNC(C1CC1)C1CC1. The molecule has 0 saturated heterocycles. The second kappa shape index (κ2) is 4.17. The monoisotopic (exact) mass is 216 g/mol. The van der Waals surface area contributed by atoms with Gasteiger partial charge in [-0.3, -0.25) is 4.98 Å². The van der Waals surface area contributed by atoms with Gasteiger partial charge in [0.1, 0.15) is 0 Å². The van der Waals surface area contributed by atoms with Crippen LogP contribution < -0.4 is 5.32 Å². The van der Waals surface area contributed by atoms with Gasteiger partial charge in [0.25, 0.3) is 0 Å². The molecule has 0 spiro atoms. The molecule has 1 aromatic heterocycles. The first-order chi connectivity index (χ1) is 7.84. The van der Waals surface area contributed by atoms with Crippen molar-refractivity contribution in [2.75, 3.05) is 0 Å². The molecule has 0 unspecified atom stereocenters. The van der Waals surface area contributed by atoms with E-state index in [1.165, 1.54) is 36.8 Å². The summed E-state index contributed by atoms with van der Waals surface area (Å²) >= 11 is 0. The molecule has 0 radical (unpaired) electrons. The Kier molecular flexibility index (Phi) is 2.68. The van der Waals surface area contributed by atoms with Gasteiger partial charge < -0.3 is 5.32 Å². The highest BCUT2D eigenvalue weighted by molar-refractivity contribution is 5.21. The van der Waals surface area contributed by atoms with Crippen molar-refractivity contribution in [3.63, 3.8) is 0 Å². The second-order valence-corrected chi connectivity index (χ2v) is 5.38. The van der Waals surface area contributed by atoms with E-state index in [2.05, 4.69) is 23.3 Å². The first-order valence-corrected chi connectivity index (χ1v) is 6.47. The lowest BCUT2D eigenvalue weighted by Crippen LogP contribution is -2.32. The van der Waals surface area contributed by atoms with E-state index in [1.807, 2.05) is 12.4 Å². The molecule has 1 aromatic rings. The van der Waals surface area contributed by atoms with Crippen molar-refractivity contribution in [3.8, 4) is 0 Å². The van der Waals surface area contributed by atoms with Gasteiger partial charge in [-0.15, -0.1) is 0 Å². The van der Waals surface area contributed by atoms with E-state index in [-0.39, 0.29) is 0 Å². The smallest absolute Gasteiger partial charge is 0.0300 e. The summed E-state index contributed by atoms with van der Waals surface area (Å²) in [6.45, 7) is 3.17. The summed E-state index contributed by atoms with van der Waals surface area (Å²) in [5, 5.41) is 3.77. The van der Waals surface area contributed by atoms with Crippen LogP contribution >= 0.6 is 0 Å². The summed E-state index contributed by atoms with van der Waals surface area (Å²) in [5.74, 6) is 1.96. The van der Waals surface area contributed by atoms with Crippen molar-refractivity contribution in [2.24, 2.45) is 11.8 Å². The third-order valence-corrected chi connectivity index (χ3v) is 3.92. The lowest BCUT2D eigenvalue weighted by atomic mass is 10.1. The zero-order valence-corrected chi connectivity index (χ0v) is 9.95. The summed E-state index contributed by atoms with van der Waals surface area (Å²) < 4.78 is 0. The van der Waals surface area contributed by atoms with Crippen molar-refractivity contribution in [3.05, 3.63) is 29.6 Å². The maximum atomic E-state index is 4.14. The quantitative estimate of drug-likeness (QED) is 0.818. The van der Waals surface area contributed by atoms with Gasteiger partial charge in [-0.25, -0.2) is 0 Å². The van der Waals surface area contributed by atoms with Gasteiger partial charge in [0, 0.05) is 25.0 Å². The van der Waals surface area contributed by atoms with Crippen LogP contribution in [0.25, 0.3) is 0 Å². The molecule has 0 aromatic carbocycles. The van der Waals surface area contributed by atoms with Gasteiger partial charge in [0.2, 0.25) is 0 Å². The average molecular weight is 216 g/mol. The molecule has 1 heterocycles. The summed E-state index contributed by atoms with van der Waals surface area (Å²) in [6, 6.07) is 2.94. The highest BCUT2D eigenvalue weighted by atomic mass is 14.9. The molecule has 3 rings (SSSR count). The fourth-order valence-corrected chi connectivity index (χ4v) is 2.56. The Labute approximate surface area is 97.5 Å². The first-order valence-electron chi connectivity index (χ1n) is 6.47. The van der Waals surface area contributed by atoms with Crippen molar-refractivity contribution >= 4 is 0 Å². The third-order valence-electron chi connectivity index (χ3n) is 3.92. The summed E-state index contributed by atoms with van der Waals surface area (Å²) in [5.41, 5.74) is 2.71. The lowest BCUT2D eigenvalue weighted by Gasteiger charge is -2.18. The molecule has 16 heavy (non-hydrogen) atoms. The van der Waals surface area contributed by atoms with Crippen LogP contribution in [-0.2, 0) is 6.54 Å². The van der Waals surface area contributed by atoms with Gasteiger partial charge in [-0.05, 0) is 61.6 Å². The fourth-order valence-electron chi connectivity index (χ4n) is 2.56. The van der Waals surface area contributed by atoms with E-state index >= 15 is 0 Å². The van der Waals surface area contributed by atoms with Gasteiger partial charge >= 0.3 is 0 Å². The molecule has 2 saturated carbocycles. The molecule has 86 valence electrons. The van der Waals surface area contributed by atoms with Crippen LogP contribution in [0.4, 0.5) is 0 Å². The number of nitrogens with one attached hydrogen (secondary N) is 1. The number of aryl methyl sites for hydroxylation is 1. The number of nitrogens with zero attached hydrogens (tertiary/aromatic N) is 1. The minimum absolute atomic E-state index is 0.799. The zero-order chi connectivity index (χ0) is 11.0. The van der Waals surface area contributed by atoms with Crippen LogP contribution in [0.3, 0.4) is 0 Å². The molecule has 0 amide bonds. The standard InChI is InChI=1S/C14H20N2/c1-10-8-15-7-6-13(10)9-16-14(11-2-3-11)12-4-5-12/h6-8,11-12,14,16H,2-5,9H2,1H3. The van der Waals surface area contributed by atoms with Gasteiger partial charge in [-0.1, -0.05) is 0 Å². The first kappa shape index (κ1) is 10.3. The Balaban J connectivity index is 1.60. The molecular formula is C14H20N2. The highest BCUT2D eigenvalue weighted by Crippen LogP contribution is 2.44. The van der Waals surface area contributed by atoms with Crippen LogP contribution in [0.1, 0.15) is 36.8 Å². The molecule has 0 aliphatic heterocycles. The van der Waals surface area contributed by atoms with E-state index < -0.39 is 0 Å². The molecule has 2 aliphatic rings. The molecule has 0 bridgehead atoms. The normalized spacial score (nSPS) is 20.4. The summed E-state index contributed by atoms with van der Waals surface area (Å²) in [6.07, 6.45) is 9.65. The Morgan fingerprint density at radius 1 is 1.31 bits per heavy atom. The van der Waals surface area contributed by atoms with E-state index in [1.54, 1.807) is 0 Å². The Bertz CT molecular complexity index is 355. The number of hydrogen-bond acceptors (Lipinski definition) is 2. The fraction of sp³-hybridized carbons (Fsp3) is 0.643. The minimum Gasteiger partial charge on any atom is -0.309 e. The number of aromatic nitrogens is 1. The molecule has 2 fully saturated rings.